The molecular formula is C13H19ClN2O2. The highest BCUT2D eigenvalue weighted by atomic mass is 35.5. The number of anilines is 1. The lowest BCUT2D eigenvalue weighted by molar-refractivity contribution is 0.0685. The van der Waals surface area contributed by atoms with Gasteiger partial charge in [-0.15, -0.1) is 0 Å². The lowest BCUT2D eigenvalue weighted by Gasteiger charge is -2.28. The van der Waals surface area contributed by atoms with Crippen LogP contribution in [0, 0.1) is 5.92 Å². The first-order chi connectivity index (χ1) is 8.70. The number of halogens is 1. The van der Waals surface area contributed by atoms with E-state index in [0.29, 0.717) is 16.6 Å². The van der Waals surface area contributed by atoms with Crippen molar-refractivity contribution in [2.24, 2.45) is 5.92 Å². The van der Waals surface area contributed by atoms with Crippen LogP contribution in [0.25, 0.3) is 0 Å². The van der Waals surface area contributed by atoms with Crippen molar-refractivity contribution in [1.29, 1.82) is 0 Å². The highest BCUT2D eigenvalue weighted by molar-refractivity contribution is 6.31. The molecule has 5 heteroatoms. The third-order valence-electron chi connectivity index (χ3n) is 3.32. The molecule has 0 bridgehead atoms. The number of hydrogen-bond acceptors (Lipinski definition) is 4. The Balaban J connectivity index is 2.01. The second-order valence-corrected chi connectivity index (χ2v) is 5.10. The summed E-state index contributed by atoms with van der Waals surface area (Å²) in [5.41, 5.74) is 0.535. The number of ether oxygens (including phenoxy) is 1. The summed E-state index contributed by atoms with van der Waals surface area (Å²) in [6.45, 7) is 2.55. The van der Waals surface area contributed by atoms with Gasteiger partial charge in [0, 0.05) is 26.8 Å². The molecule has 1 saturated heterocycles. The molecule has 0 radical (unpaired) electrons. The first kappa shape index (κ1) is 13.6. The monoisotopic (exact) mass is 270 g/mol. The molecule has 0 spiro atoms. The Labute approximate surface area is 113 Å². The van der Waals surface area contributed by atoms with E-state index < -0.39 is 0 Å². The topological polar surface area (TPSA) is 45.6 Å². The molecular weight excluding hydrogens is 252 g/mol. The SMILES string of the molecule is CN(CC1CCOCC1)c1ccc(Cl)c(CO)n1. The zero-order valence-corrected chi connectivity index (χ0v) is 11.4. The fourth-order valence-corrected chi connectivity index (χ4v) is 2.37. The molecule has 0 aromatic carbocycles. The van der Waals surface area contributed by atoms with Crippen LogP contribution < -0.4 is 4.90 Å². The predicted molar refractivity (Wildman–Crippen MR) is 72.0 cm³/mol. The molecule has 100 valence electrons. The van der Waals surface area contributed by atoms with Crippen molar-refractivity contribution in [3.8, 4) is 0 Å². The second kappa shape index (κ2) is 6.36. The Morgan fingerprint density at radius 3 is 2.83 bits per heavy atom. The summed E-state index contributed by atoms with van der Waals surface area (Å²) in [6, 6.07) is 3.68. The van der Waals surface area contributed by atoms with Crippen molar-refractivity contribution in [2.45, 2.75) is 19.4 Å². The van der Waals surface area contributed by atoms with Gasteiger partial charge in [-0.1, -0.05) is 11.6 Å². The van der Waals surface area contributed by atoms with Crippen molar-refractivity contribution in [2.75, 3.05) is 31.7 Å². The van der Waals surface area contributed by atoms with Gasteiger partial charge in [-0.3, -0.25) is 0 Å². The maximum Gasteiger partial charge on any atom is 0.128 e. The molecule has 0 atom stereocenters. The van der Waals surface area contributed by atoms with E-state index in [-0.39, 0.29) is 6.61 Å². The molecule has 0 saturated carbocycles. The molecule has 1 aromatic heterocycles. The molecule has 0 amide bonds. The van der Waals surface area contributed by atoms with Gasteiger partial charge >= 0.3 is 0 Å². The normalized spacial score (nSPS) is 16.8. The van der Waals surface area contributed by atoms with Gasteiger partial charge < -0.3 is 14.7 Å². The largest absolute Gasteiger partial charge is 0.390 e. The molecule has 2 heterocycles. The minimum Gasteiger partial charge on any atom is -0.390 e. The van der Waals surface area contributed by atoms with Gasteiger partial charge in [-0.2, -0.15) is 0 Å². The zero-order chi connectivity index (χ0) is 13.0. The van der Waals surface area contributed by atoms with Gasteiger partial charge in [0.2, 0.25) is 0 Å². The lowest BCUT2D eigenvalue weighted by atomic mass is 10.00. The maximum atomic E-state index is 9.16. The molecule has 18 heavy (non-hydrogen) atoms. The third kappa shape index (κ3) is 3.34. The Morgan fingerprint density at radius 2 is 2.17 bits per heavy atom. The van der Waals surface area contributed by atoms with E-state index in [1.807, 2.05) is 13.1 Å². The summed E-state index contributed by atoms with van der Waals surface area (Å²) in [6.07, 6.45) is 2.20. The van der Waals surface area contributed by atoms with Gasteiger partial charge in [-0.25, -0.2) is 4.98 Å². The first-order valence-corrected chi connectivity index (χ1v) is 6.63. The van der Waals surface area contributed by atoms with E-state index in [1.165, 1.54) is 0 Å². The Hall–Kier alpha value is -0.840. The highest BCUT2D eigenvalue weighted by Crippen LogP contribution is 2.21. The van der Waals surface area contributed by atoms with Crippen LogP contribution in [0.1, 0.15) is 18.5 Å². The van der Waals surface area contributed by atoms with E-state index in [1.54, 1.807) is 6.07 Å². The molecule has 1 fully saturated rings. The van der Waals surface area contributed by atoms with E-state index in [2.05, 4.69) is 9.88 Å². The van der Waals surface area contributed by atoms with Crippen molar-refractivity contribution in [3.63, 3.8) is 0 Å². The van der Waals surface area contributed by atoms with Gasteiger partial charge in [0.15, 0.2) is 0 Å². The average molecular weight is 271 g/mol. The summed E-state index contributed by atoms with van der Waals surface area (Å²) in [4.78, 5) is 6.49. The maximum absolute atomic E-state index is 9.16. The van der Waals surface area contributed by atoms with Gasteiger partial charge in [0.05, 0.1) is 17.3 Å². The van der Waals surface area contributed by atoms with Gasteiger partial charge in [0.1, 0.15) is 5.82 Å². The van der Waals surface area contributed by atoms with Crippen LogP contribution in [0.3, 0.4) is 0 Å². The van der Waals surface area contributed by atoms with Crippen molar-refractivity contribution >= 4 is 17.4 Å². The second-order valence-electron chi connectivity index (χ2n) is 4.69. The van der Waals surface area contributed by atoms with Gasteiger partial charge in [0.25, 0.3) is 0 Å². The van der Waals surface area contributed by atoms with Crippen molar-refractivity contribution < 1.29 is 9.84 Å². The third-order valence-corrected chi connectivity index (χ3v) is 3.66. The number of pyridine rings is 1. The minimum absolute atomic E-state index is 0.127. The minimum atomic E-state index is -0.127. The fraction of sp³-hybridized carbons (Fsp3) is 0.615. The number of hydrogen-bond donors (Lipinski definition) is 1. The van der Waals surface area contributed by atoms with E-state index in [0.717, 1.165) is 38.4 Å². The van der Waals surface area contributed by atoms with Crippen molar-refractivity contribution in [1.82, 2.24) is 4.98 Å². The molecule has 1 N–H and O–H groups in total. The Morgan fingerprint density at radius 1 is 1.44 bits per heavy atom. The van der Waals surface area contributed by atoms with Crippen molar-refractivity contribution in [3.05, 3.63) is 22.8 Å². The summed E-state index contributed by atoms with van der Waals surface area (Å²) in [5, 5.41) is 9.68. The van der Waals surface area contributed by atoms with Crippen LogP contribution in [0.5, 0.6) is 0 Å². The Bertz CT molecular complexity index is 395. The van der Waals surface area contributed by atoms with Crippen LogP contribution in [0.4, 0.5) is 5.82 Å². The molecule has 1 aliphatic heterocycles. The fourth-order valence-electron chi connectivity index (χ4n) is 2.21. The van der Waals surface area contributed by atoms with Crippen LogP contribution in [-0.4, -0.2) is 36.9 Å². The average Bonchev–Trinajstić information content (AvgIpc) is 2.40. The smallest absolute Gasteiger partial charge is 0.128 e. The summed E-state index contributed by atoms with van der Waals surface area (Å²) >= 11 is 5.94. The number of aliphatic hydroxyl groups is 1. The molecule has 0 unspecified atom stereocenters. The first-order valence-electron chi connectivity index (χ1n) is 6.26. The highest BCUT2D eigenvalue weighted by Gasteiger charge is 2.17. The summed E-state index contributed by atoms with van der Waals surface area (Å²) in [7, 11) is 2.02. The Kier molecular flexibility index (Phi) is 4.80. The molecule has 2 rings (SSSR count). The zero-order valence-electron chi connectivity index (χ0n) is 10.6. The van der Waals surface area contributed by atoms with Crippen LogP contribution in [0.15, 0.2) is 12.1 Å². The predicted octanol–water partition coefficient (Wildman–Crippen LogP) is 2.09. The lowest BCUT2D eigenvalue weighted by Crippen LogP contribution is -2.30. The summed E-state index contributed by atoms with van der Waals surface area (Å²) < 4.78 is 5.35. The van der Waals surface area contributed by atoms with E-state index >= 15 is 0 Å². The number of rotatable bonds is 4. The van der Waals surface area contributed by atoms with Crippen LogP contribution >= 0.6 is 11.6 Å². The number of aromatic nitrogens is 1. The quantitative estimate of drug-likeness (QED) is 0.910. The van der Waals surface area contributed by atoms with E-state index in [4.69, 9.17) is 21.4 Å². The molecule has 4 nitrogen and oxygen atoms in total. The van der Waals surface area contributed by atoms with Gasteiger partial charge in [-0.05, 0) is 30.9 Å². The molecule has 1 aromatic rings. The standard InChI is InChI=1S/C13H19ClN2O2/c1-16(8-10-4-6-18-7-5-10)13-3-2-11(14)12(9-17)15-13/h2-3,10,17H,4-9H2,1H3. The van der Waals surface area contributed by atoms with E-state index in [9.17, 15) is 0 Å². The molecule has 0 aliphatic carbocycles. The van der Waals surface area contributed by atoms with Crippen LogP contribution in [0.2, 0.25) is 5.02 Å². The molecule has 1 aliphatic rings. The number of nitrogens with zero attached hydrogens (tertiary/aromatic N) is 2. The van der Waals surface area contributed by atoms with Crippen LogP contribution in [-0.2, 0) is 11.3 Å². The summed E-state index contributed by atoms with van der Waals surface area (Å²) in [5.74, 6) is 1.51. The number of aliphatic hydroxyl groups excluding tert-OH is 1.